The molecule has 0 saturated heterocycles. The number of hydroxylamine groups is 2. The number of rotatable bonds is 6. The molecule has 1 aromatic rings. The molecular weight excluding hydrogens is 337 g/mol. The van der Waals surface area contributed by atoms with Crippen LogP contribution in [0.3, 0.4) is 0 Å². The van der Waals surface area contributed by atoms with E-state index in [1.807, 2.05) is 31.2 Å². The maximum absolute atomic E-state index is 11.8. The molecule has 0 aliphatic rings. The molecule has 0 heterocycles. The first-order valence-electron chi connectivity index (χ1n) is 6.47. The van der Waals surface area contributed by atoms with E-state index in [0.717, 1.165) is 17.0 Å². The molecule has 0 aliphatic carbocycles. The van der Waals surface area contributed by atoms with E-state index in [9.17, 15) is 14.4 Å². The van der Waals surface area contributed by atoms with Crippen molar-refractivity contribution in [1.82, 2.24) is 5.06 Å². The normalized spacial score (nSPS) is 10.0. The quantitative estimate of drug-likeness (QED) is 0.458. The fraction of sp³-hybridized carbons (Fsp3) is 0.357. The molecule has 1 unspecified atom stereocenters. The molecule has 114 valence electrons. The van der Waals surface area contributed by atoms with Crippen molar-refractivity contribution in [3.63, 3.8) is 0 Å². The maximum atomic E-state index is 11.8. The molecule has 7 heteroatoms. The minimum atomic E-state index is -1.29. The summed E-state index contributed by atoms with van der Waals surface area (Å²) in [4.78, 5) is 38.5. The summed E-state index contributed by atoms with van der Waals surface area (Å²) in [5, 5.41) is 9.69. The second-order valence-corrected chi connectivity index (χ2v) is 5.19. The van der Waals surface area contributed by atoms with Gasteiger partial charge in [0.15, 0.2) is 0 Å². The van der Waals surface area contributed by atoms with Crippen LogP contribution in [-0.2, 0) is 32.2 Å². The second-order valence-electron chi connectivity index (χ2n) is 4.34. The fourth-order valence-electron chi connectivity index (χ4n) is 1.60. The van der Waals surface area contributed by atoms with Crippen LogP contribution in [0.2, 0.25) is 5.21 Å². The Balaban J connectivity index is 2.75. The van der Waals surface area contributed by atoms with E-state index < -0.39 is 18.4 Å². The average molecular weight is 355 g/mol. The Morgan fingerprint density at radius 1 is 1.19 bits per heavy atom. The zero-order chi connectivity index (χ0) is 15.8. The van der Waals surface area contributed by atoms with Crippen LogP contribution in [0.15, 0.2) is 24.3 Å². The van der Waals surface area contributed by atoms with Crippen molar-refractivity contribution in [2.75, 3.05) is 0 Å². The first-order chi connectivity index (χ1) is 9.96. The zero-order valence-corrected chi connectivity index (χ0v) is 14.2. The number of carboxylic acid groups (broad SMARTS) is 1. The van der Waals surface area contributed by atoms with E-state index in [-0.39, 0.29) is 17.7 Å². The number of hydrogen-bond donors (Lipinski definition) is 1. The van der Waals surface area contributed by atoms with E-state index in [1.165, 1.54) is 22.4 Å². The number of carboxylic acids is 1. The Morgan fingerprint density at radius 3 is 2.24 bits per heavy atom. The number of aliphatic carboxylic acids is 1. The van der Waals surface area contributed by atoms with E-state index in [2.05, 4.69) is 0 Å². The standard InChI is InChI=1S/C14H18AsNO5/c1-2-10-3-5-11(6-4-10)9-16(12(17)8-15)21-14(20)7-13(18)19/h3-6H,2,7-9,15H2,1H3,(H,18,19). The number of benzene rings is 1. The molecule has 6 nitrogen and oxygen atoms in total. The van der Waals surface area contributed by atoms with Crippen LogP contribution in [0.5, 0.6) is 0 Å². The van der Waals surface area contributed by atoms with Crippen LogP contribution < -0.4 is 0 Å². The second kappa shape index (κ2) is 8.47. The van der Waals surface area contributed by atoms with Gasteiger partial charge in [0, 0.05) is 0 Å². The van der Waals surface area contributed by atoms with Crippen LogP contribution in [0.1, 0.15) is 24.5 Å². The van der Waals surface area contributed by atoms with Gasteiger partial charge in [-0.05, 0) is 0 Å². The Labute approximate surface area is 131 Å². The zero-order valence-electron chi connectivity index (χ0n) is 11.7. The molecule has 21 heavy (non-hydrogen) atoms. The van der Waals surface area contributed by atoms with Crippen LogP contribution in [0.25, 0.3) is 0 Å². The van der Waals surface area contributed by atoms with E-state index in [0.29, 0.717) is 0 Å². The van der Waals surface area contributed by atoms with Crippen LogP contribution in [0, 0.1) is 0 Å². The summed E-state index contributed by atoms with van der Waals surface area (Å²) < 4.78 is 0. The summed E-state index contributed by atoms with van der Waals surface area (Å²) in [6.07, 6.45) is 0.140. The summed E-state index contributed by atoms with van der Waals surface area (Å²) in [6.45, 7) is 2.15. The Bertz CT molecular complexity index is 515. The Hall–Kier alpha value is -1.81. The molecule has 1 rings (SSSR count). The van der Waals surface area contributed by atoms with Gasteiger partial charge in [-0.15, -0.1) is 0 Å². The Morgan fingerprint density at radius 2 is 1.76 bits per heavy atom. The van der Waals surface area contributed by atoms with Gasteiger partial charge in [0.1, 0.15) is 0 Å². The molecule has 1 aromatic carbocycles. The summed E-state index contributed by atoms with van der Waals surface area (Å²) in [5.41, 5.74) is 1.97. The average Bonchev–Trinajstić information content (AvgIpc) is 2.45. The summed E-state index contributed by atoms with van der Waals surface area (Å²) >= 11 is 1.19. The van der Waals surface area contributed by atoms with E-state index >= 15 is 0 Å². The molecule has 0 radical (unpaired) electrons. The number of hydrogen-bond acceptors (Lipinski definition) is 4. The van der Waals surface area contributed by atoms with E-state index in [1.54, 1.807) is 0 Å². The van der Waals surface area contributed by atoms with Gasteiger partial charge in [-0.1, -0.05) is 0 Å². The van der Waals surface area contributed by atoms with Gasteiger partial charge in [0.25, 0.3) is 0 Å². The molecule has 0 saturated carbocycles. The molecule has 1 N–H and O–H groups in total. The SMILES string of the molecule is CCc1ccc(CN(OC(=O)CC(=O)O)C(=O)C[AsH2])cc1. The van der Waals surface area contributed by atoms with Crippen molar-refractivity contribution in [3.05, 3.63) is 35.4 Å². The summed E-state index contributed by atoms with van der Waals surface area (Å²) in [6, 6.07) is 7.58. The fourth-order valence-corrected chi connectivity index (χ4v) is 2.03. The number of nitrogens with zero attached hydrogens (tertiary/aromatic N) is 1. The Kier molecular flexibility index (Phi) is 6.95. The van der Waals surface area contributed by atoms with Gasteiger partial charge < -0.3 is 0 Å². The van der Waals surface area contributed by atoms with Gasteiger partial charge in [0.2, 0.25) is 0 Å². The van der Waals surface area contributed by atoms with Crippen molar-refractivity contribution < 1.29 is 24.3 Å². The molecule has 0 aromatic heterocycles. The van der Waals surface area contributed by atoms with Crippen molar-refractivity contribution in [2.24, 2.45) is 0 Å². The first kappa shape index (κ1) is 17.2. The third kappa shape index (κ3) is 6.00. The predicted octanol–water partition coefficient (Wildman–Crippen LogP) is 0.562. The molecule has 0 spiro atoms. The van der Waals surface area contributed by atoms with Gasteiger partial charge in [0.05, 0.1) is 0 Å². The van der Waals surface area contributed by atoms with Crippen molar-refractivity contribution >= 4 is 34.7 Å². The molecule has 0 bridgehead atoms. The first-order valence-corrected chi connectivity index (χ1v) is 8.18. The van der Waals surface area contributed by atoms with Crippen molar-refractivity contribution in [1.29, 1.82) is 0 Å². The number of carbonyl (C=O) groups is 3. The molecule has 1 amide bonds. The van der Waals surface area contributed by atoms with Gasteiger partial charge in [-0.25, -0.2) is 0 Å². The number of aryl methyl sites for hydroxylation is 1. The number of carbonyl (C=O) groups excluding carboxylic acids is 2. The molecule has 0 aliphatic heterocycles. The van der Waals surface area contributed by atoms with Crippen LogP contribution in [0.4, 0.5) is 0 Å². The van der Waals surface area contributed by atoms with Gasteiger partial charge in [-0.3, -0.25) is 0 Å². The number of amides is 1. The topological polar surface area (TPSA) is 83.9 Å². The predicted molar refractivity (Wildman–Crippen MR) is 78.1 cm³/mol. The summed E-state index contributed by atoms with van der Waals surface area (Å²) in [5.74, 6) is -2.60. The van der Waals surface area contributed by atoms with Crippen molar-refractivity contribution in [2.45, 2.75) is 31.5 Å². The van der Waals surface area contributed by atoms with E-state index in [4.69, 9.17) is 9.94 Å². The van der Waals surface area contributed by atoms with Crippen molar-refractivity contribution in [3.8, 4) is 0 Å². The monoisotopic (exact) mass is 355 g/mol. The third-order valence-corrected chi connectivity index (χ3v) is 3.45. The summed E-state index contributed by atoms with van der Waals surface area (Å²) in [7, 11) is 0. The molecule has 0 fully saturated rings. The van der Waals surface area contributed by atoms with Crippen LogP contribution in [-0.4, -0.2) is 44.9 Å². The molecule has 1 atom stereocenters. The minimum absolute atomic E-state index is 0.109. The third-order valence-electron chi connectivity index (χ3n) is 2.72. The van der Waals surface area contributed by atoms with Gasteiger partial charge in [-0.2, -0.15) is 0 Å². The van der Waals surface area contributed by atoms with Crippen LogP contribution >= 0.6 is 0 Å². The van der Waals surface area contributed by atoms with Gasteiger partial charge >= 0.3 is 131 Å². The molecular formula is C14H18AsNO5.